The fourth-order valence-electron chi connectivity index (χ4n) is 3.32. The third-order valence-corrected chi connectivity index (χ3v) is 4.60. The van der Waals surface area contributed by atoms with Crippen LogP contribution in [-0.4, -0.2) is 31.7 Å². The normalized spacial score (nSPS) is 13.6. The summed E-state index contributed by atoms with van der Waals surface area (Å²) in [5.41, 5.74) is 2.49. The van der Waals surface area contributed by atoms with Gasteiger partial charge in [-0.15, -0.1) is 0 Å². The second-order valence-corrected chi connectivity index (χ2v) is 6.65. The Balaban J connectivity index is 1.40. The van der Waals surface area contributed by atoms with E-state index in [0.29, 0.717) is 13.2 Å². The Morgan fingerprint density at radius 3 is 2.65 bits per heavy atom. The molecule has 3 nitrogen and oxygen atoms in total. The van der Waals surface area contributed by atoms with Gasteiger partial charge in [0.05, 0.1) is 0 Å². The molecule has 1 heterocycles. The number of rotatable bonds is 5. The van der Waals surface area contributed by atoms with Crippen LogP contribution in [0.2, 0.25) is 0 Å². The van der Waals surface area contributed by atoms with Gasteiger partial charge in [0.15, 0.2) is 11.5 Å². The first-order valence-corrected chi connectivity index (χ1v) is 9.01. The van der Waals surface area contributed by atoms with Crippen molar-refractivity contribution in [2.45, 2.75) is 6.54 Å². The maximum Gasteiger partial charge on any atom is 0.161 e. The van der Waals surface area contributed by atoms with Gasteiger partial charge in [-0.25, -0.2) is 0 Å². The van der Waals surface area contributed by atoms with E-state index in [9.17, 15) is 0 Å². The summed E-state index contributed by atoms with van der Waals surface area (Å²) in [5.74, 6) is 1.70. The van der Waals surface area contributed by atoms with Crippen molar-refractivity contribution in [3.63, 3.8) is 0 Å². The minimum atomic E-state index is 0.625. The van der Waals surface area contributed by atoms with Gasteiger partial charge < -0.3 is 9.47 Å². The summed E-state index contributed by atoms with van der Waals surface area (Å²) in [7, 11) is 2.13. The van der Waals surface area contributed by atoms with Gasteiger partial charge in [-0.05, 0) is 41.1 Å². The Morgan fingerprint density at radius 1 is 0.923 bits per heavy atom. The molecule has 0 radical (unpaired) electrons. The summed E-state index contributed by atoms with van der Waals surface area (Å²) in [6.07, 6.45) is 4.43. The van der Waals surface area contributed by atoms with Gasteiger partial charge >= 0.3 is 0 Å². The number of hydrogen-bond acceptors (Lipinski definition) is 3. The molecule has 0 bridgehead atoms. The van der Waals surface area contributed by atoms with Gasteiger partial charge in [-0.2, -0.15) is 0 Å². The number of likely N-dealkylation sites (N-methyl/N-ethyl adjacent to an activating group) is 1. The molecule has 0 fully saturated rings. The van der Waals surface area contributed by atoms with E-state index < -0.39 is 0 Å². The molecule has 0 saturated heterocycles. The first-order chi connectivity index (χ1) is 12.8. The van der Waals surface area contributed by atoms with Crippen molar-refractivity contribution >= 4 is 16.8 Å². The molecule has 0 N–H and O–H groups in total. The standard InChI is InChI=1S/C23H23NO2/c1-24(17-18-11-12-22-23(16-18)26-15-14-25-22)13-5-9-20-8-4-7-19-6-2-3-10-21(19)20/h2-12,16H,13-15,17H2,1H3/b9-5+. The summed E-state index contributed by atoms with van der Waals surface area (Å²) < 4.78 is 11.3. The van der Waals surface area contributed by atoms with Crippen molar-refractivity contribution in [2.24, 2.45) is 0 Å². The Hall–Kier alpha value is -2.78. The molecular formula is C23H23NO2. The molecular weight excluding hydrogens is 322 g/mol. The summed E-state index contributed by atoms with van der Waals surface area (Å²) in [4.78, 5) is 2.28. The first kappa shape index (κ1) is 16.7. The van der Waals surface area contributed by atoms with Gasteiger partial charge in [0.25, 0.3) is 0 Å². The van der Waals surface area contributed by atoms with Crippen LogP contribution in [0.15, 0.2) is 66.7 Å². The van der Waals surface area contributed by atoms with E-state index in [2.05, 4.69) is 78.7 Å². The molecule has 1 aliphatic rings. The van der Waals surface area contributed by atoms with Crippen molar-refractivity contribution in [1.29, 1.82) is 0 Å². The van der Waals surface area contributed by atoms with Crippen LogP contribution in [0.4, 0.5) is 0 Å². The molecule has 0 saturated carbocycles. The smallest absolute Gasteiger partial charge is 0.161 e. The number of fused-ring (bicyclic) bond motifs is 2. The quantitative estimate of drug-likeness (QED) is 0.666. The molecule has 3 aromatic rings. The van der Waals surface area contributed by atoms with Crippen molar-refractivity contribution < 1.29 is 9.47 Å². The average molecular weight is 345 g/mol. The predicted molar refractivity (Wildman–Crippen MR) is 107 cm³/mol. The van der Waals surface area contributed by atoms with E-state index in [1.165, 1.54) is 21.9 Å². The van der Waals surface area contributed by atoms with E-state index in [1.54, 1.807) is 0 Å². The summed E-state index contributed by atoms with van der Waals surface area (Å²) in [6.45, 7) is 3.01. The zero-order chi connectivity index (χ0) is 17.8. The van der Waals surface area contributed by atoms with Gasteiger partial charge in [-0.1, -0.05) is 60.7 Å². The zero-order valence-corrected chi connectivity index (χ0v) is 15.0. The molecule has 0 spiro atoms. The molecule has 4 rings (SSSR count). The van der Waals surface area contributed by atoms with Gasteiger partial charge in [0.2, 0.25) is 0 Å². The molecule has 0 aromatic heterocycles. The highest BCUT2D eigenvalue weighted by molar-refractivity contribution is 5.90. The van der Waals surface area contributed by atoms with Crippen LogP contribution in [0.25, 0.3) is 16.8 Å². The molecule has 0 amide bonds. The fourth-order valence-corrected chi connectivity index (χ4v) is 3.32. The maximum absolute atomic E-state index is 5.67. The van der Waals surface area contributed by atoms with Crippen LogP contribution >= 0.6 is 0 Å². The van der Waals surface area contributed by atoms with E-state index in [-0.39, 0.29) is 0 Å². The Labute approximate surface area is 154 Å². The minimum Gasteiger partial charge on any atom is -0.486 e. The molecule has 132 valence electrons. The summed E-state index contributed by atoms with van der Waals surface area (Å²) >= 11 is 0. The topological polar surface area (TPSA) is 21.7 Å². The highest BCUT2D eigenvalue weighted by Gasteiger charge is 2.12. The average Bonchev–Trinajstić information content (AvgIpc) is 2.68. The summed E-state index contributed by atoms with van der Waals surface area (Å²) in [5, 5.41) is 2.57. The monoisotopic (exact) mass is 345 g/mol. The Morgan fingerprint density at radius 2 is 1.73 bits per heavy atom. The van der Waals surface area contributed by atoms with E-state index >= 15 is 0 Å². The number of hydrogen-bond donors (Lipinski definition) is 0. The lowest BCUT2D eigenvalue weighted by molar-refractivity contribution is 0.171. The van der Waals surface area contributed by atoms with Crippen LogP contribution < -0.4 is 9.47 Å². The third-order valence-electron chi connectivity index (χ3n) is 4.60. The Kier molecular flexibility index (Phi) is 4.89. The number of nitrogens with zero attached hydrogens (tertiary/aromatic N) is 1. The molecule has 0 unspecified atom stereocenters. The van der Waals surface area contributed by atoms with Crippen LogP contribution in [0.1, 0.15) is 11.1 Å². The van der Waals surface area contributed by atoms with Crippen LogP contribution in [0.5, 0.6) is 11.5 Å². The molecule has 3 heteroatoms. The van der Waals surface area contributed by atoms with E-state index in [0.717, 1.165) is 24.6 Å². The highest BCUT2D eigenvalue weighted by atomic mass is 16.6. The molecule has 1 aliphatic heterocycles. The molecule has 0 atom stereocenters. The predicted octanol–water partition coefficient (Wildman–Crippen LogP) is 4.76. The van der Waals surface area contributed by atoms with Gasteiger partial charge in [-0.3, -0.25) is 4.90 Å². The lowest BCUT2D eigenvalue weighted by Gasteiger charge is -2.20. The SMILES string of the molecule is CN(C/C=C/c1cccc2ccccc12)Cc1ccc2c(c1)OCCO2. The van der Waals surface area contributed by atoms with E-state index in [1.807, 2.05) is 6.07 Å². The number of ether oxygens (including phenoxy) is 2. The second-order valence-electron chi connectivity index (χ2n) is 6.65. The summed E-state index contributed by atoms with van der Waals surface area (Å²) in [6, 6.07) is 21.1. The van der Waals surface area contributed by atoms with Crippen LogP contribution in [0.3, 0.4) is 0 Å². The van der Waals surface area contributed by atoms with Crippen LogP contribution in [-0.2, 0) is 6.54 Å². The van der Waals surface area contributed by atoms with Crippen molar-refractivity contribution in [3.8, 4) is 11.5 Å². The van der Waals surface area contributed by atoms with Crippen molar-refractivity contribution in [1.82, 2.24) is 4.90 Å². The lowest BCUT2D eigenvalue weighted by atomic mass is 10.0. The zero-order valence-electron chi connectivity index (χ0n) is 15.0. The molecule has 3 aromatic carbocycles. The third kappa shape index (κ3) is 3.73. The molecule has 0 aliphatic carbocycles. The lowest BCUT2D eigenvalue weighted by Crippen LogP contribution is -2.19. The number of benzene rings is 3. The van der Waals surface area contributed by atoms with Crippen molar-refractivity contribution in [3.05, 3.63) is 77.9 Å². The molecule has 26 heavy (non-hydrogen) atoms. The minimum absolute atomic E-state index is 0.625. The van der Waals surface area contributed by atoms with Crippen LogP contribution in [0, 0.1) is 0 Å². The fraction of sp³-hybridized carbons (Fsp3) is 0.217. The van der Waals surface area contributed by atoms with Crippen molar-refractivity contribution in [2.75, 3.05) is 26.8 Å². The Bertz CT molecular complexity index is 927. The largest absolute Gasteiger partial charge is 0.486 e. The second kappa shape index (κ2) is 7.63. The van der Waals surface area contributed by atoms with E-state index in [4.69, 9.17) is 9.47 Å². The van der Waals surface area contributed by atoms with Gasteiger partial charge in [0, 0.05) is 13.1 Å². The highest BCUT2D eigenvalue weighted by Crippen LogP contribution is 2.31. The first-order valence-electron chi connectivity index (χ1n) is 9.01. The maximum atomic E-state index is 5.67. The van der Waals surface area contributed by atoms with Gasteiger partial charge in [0.1, 0.15) is 13.2 Å².